The number of aliphatic hydroxyl groups excluding tert-OH is 2. The summed E-state index contributed by atoms with van der Waals surface area (Å²) < 4.78 is 49.4. The SMILES string of the molecule is CCCCCCCCCCC[C@H](CC(=O)NCCO[C@@H]1OC(CO)[C@@H](OP(=O)(O)O)C(NC(=O)C[C@@H](CCCCCCCCCCC)OC(=O)CCCCCCCCC)C1NC(=O)C[C@@H](CCCCCCCCCCC)OC(O)CCCCCCCCC)OC(=O)CCCCCCCCC. The van der Waals surface area contributed by atoms with Gasteiger partial charge in [0.05, 0.1) is 44.6 Å². The Bertz CT molecular complexity index is 1990. The minimum absolute atomic E-state index is 0.0644. The molecule has 3 amide bonds. The second-order valence-electron chi connectivity index (χ2n) is 29.2. The molecule has 1 heterocycles. The number of phosphoric acid groups is 1. The number of carbonyl (C=O) groups is 5. The summed E-state index contributed by atoms with van der Waals surface area (Å²) in [6.45, 7) is 12.0. The van der Waals surface area contributed by atoms with Gasteiger partial charge in [-0.05, 0) is 57.8 Å². The first-order valence-electron chi connectivity index (χ1n) is 41.7. The number of esters is 2. The summed E-state index contributed by atoms with van der Waals surface area (Å²) in [6.07, 6.45) is 44.8. The van der Waals surface area contributed by atoms with Gasteiger partial charge in [0.2, 0.25) is 17.7 Å². The Balaban J connectivity index is 3.69. The van der Waals surface area contributed by atoms with Gasteiger partial charge >= 0.3 is 19.8 Å². The Labute approximate surface area is 609 Å². The van der Waals surface area contributed by atoms with Crippen LogP contribution in [-0.2, 0) is 56.7 Å². The van der Waals surface area contributed by atoms with Gasteiger partial charge in [-0.1, -0.05) is 318 Å². The van der Waals surface area contributed by atoms with E-state index in [9.17, 15) is 48.5 Å². The van der Waals surface area contributed by atoms with Crippen molar-refractivity contribution >= 4 is 37.5 Å². The lowest BCUT2D eigenvalue weighted by Gasteiger charge is -2.46. The van der Waals surface area contributed by atoms with E-state index in [1.165, 1.54) is 122 Å². The zero-order valence-electron chi connectivity index (χ0n) is 64.8. The second-order valence-corrected chi connectivity index (χ2v) is 30.4. The Hall–Kier alpha value is -2.74. The van der Waals surface area contributed by atoms with E-state index >= 15 is 0 Å². The number of amides is 3. The number of carbonyl (C=O) groups excluding carboxylic acids is 5. The summed E-state index contributed by atoms with van der Waals surface area (Å²) in [5.74, 6) is -2.37. The number of phosphoric ester groups is 1. The quantitative estimate of drug-likeness (QED) is 0.0129. The third-order valence-electron chi connectivity index (χ3n) is 19.6. The summed E-state index contributed by atoms with van der Waals surface area (Å²) in [6, 6.07) is -2.96. The number of rotatable bonds is 73. The van der Waals surface area contributed by atoms with Crippen molar-refractivity contribution in [2.45, 2.75) is 463 Å². The number of aliphatic hydroxyl groups is 2. The van der Waals surface area contributed by atoms with Crippen molar-refractivity contribution in [2.75, 3.05) is 19.8 Å². The lowest BCUT2D eigenvalue weighted by molar-refractivity contribution is -0.247. The van der Waals surface area contributed by atoms with Crippen LogP contribution in [0.25, 0.3) is 0 Å². The van der Waals surface area contributed by atoms with Gasteiger partial charge in [-0.25, -0.2) is 4.57 Å². The summed E-state index contributed by atoms with van der Waals surface area (Å²) in [5, 5.41) is 31.0. The van der Waals surface area contributed by atoms with Crippen molar-refractivity contribution < 1.29 is 76.7 Å². The molecule has 1 saturated heterocycles. The maximum absolute atomic E-state index is 14.8. The van der Waals surface area contributed by atoms with Gasteiger partial charge in [0.15, 0.2) is 12.6 Å². The average Bonchev–Trinajstić information content (AvgIpc) is 0.782. The molecule has 7 N–H and O–H groups in total. The molecule has 1 rings (SSSR count). The van der Waals surface area contributed by atoms with Crippen LogP contribution in [0.4, 0.5) is 0 Å². The zero-order chi connectivity index (χ0) is 73.4. The molecule has 9 atom stereocenters. The van der Waals surface area contributed by atoms with Crippen LogP contribution in [0, 0.1) is 0 Å². The molecule has 0 aliphatic carbocycles. The minimum Gasteiger partial charge on any atom is -0.462 e. The van der Waals surface area contributed by atoms with Gasteiger partial charge < -0.3 is 59.6 Å². The predicted molar refractivity (Wildman–Crippen MR) is 403 cm³/mol. The molecule has 4 unspecified atom stereocenters. The summed E-state index contributed by atoms with van der Waals surface area (Å²) in [7, 11) is -5.41. The van der Waals surface area contributed by atoms with Gasteiger partial charge in [-0.2, -0.15) is 0 Å². The molecule has 100 heavy (non-hydrogen) atoms. The summed E-state index contributed by atoms with van der Waals surface area (Å²) >= 11 is 0. The standard InChI is InChI=1S/C80H154N3O16P/c1-7-13-19-25-31-34-40-43-49-55-67(95-74(88)58-52-46-37-28-22-16-10-4)63-71(85)81-61-62-94-80-78(83-73(87)65-69(57-51-45-42-36-33-27-21-15-9-3)97-76(90)60-54-48-39-30-24-18-12-6)77(79(70(66-84)98-80)99-100(91,92)93)82-72(86)64-68(56-50-44-41-35-32-26-20-14-8-2)96-75(89)59-53-47-38-29-23-17-11-5/h67-70,76-80,84,90H,7-66H2,1-6H3,(H,81,85)(H,82,86)(H,83,87)(H2,91,92,93)/t67-,68-,69-,70?,76?,77?,78?,79-,80-/m1/s1. The lowest BCUT2D eigenvalue weighted by Crippen LogP contribution is -2.70. The zero-order valence-corrected chi connectivity index (χ0v) is 65.7. The smallest absolute Gasteiger partial charge is 0.462 e. The molecular formula is C80H154N3O16P. The molecule has 590 valence electrons. The number of unbranched alkanes of at least 4 members (excludes halogenated alkanes) is 42. The average molecular weight is 1450 g/mol. The molecule has 1 aliphatic rings. The highest BCUT2D eigenvalue weighted by atomic mass is 31.2. The first-order valence-corrected chi connectivity index (χ1v) is 43.3. The van der Waals surface area contributed by atoms with Crippen LogP contribution in [0.5, 0.6) is 0 Å². The fourth-order valence-electron chi connectivity index (χ4n) is 13.6. The molecule has 0 aromatic heterocycles. The fraction of sp³-hybridized carbons (Fsp3) is 0.938. The first kappa shape index (κ1) is 95.3. The van der Waals surface area contributed by atoms with Crippen LogP contribution in [0.3, 0.4) is 0 Å². The predicted octanol–water partition coefficient (Wildman–Crippen LogP) is 19.2. The van der Waals surface area contributed by atoms with Crippen molar-refractivity contribution in [1.29, 1.82) is 0 Å². The Morgan fingerprint density at radius 2 is 0.720 bits per heavy atom. The van der Waals surface area contributed by atoms with E-state index in [0.717, 1.165) is 173 Å². The molecule has 0 aromatic rings. The van der Waals surface area contributed by atoms with E-state index in [0.29, 0.717) is 38.5 Å². The van der Waals surface area contributed by atoms with Crippen molar-refractivity contribution in [3.8, 4) is 0 Å². The van der Waals surface area contributed by atoms with Gasteiger partial charge in [-0.3, -0.25) is 28.5 Å². The van der Waals surface area contributed by atoms with Gasteiger partial charge in [-0.15, -0.1) is 0 Å². The van der Waals surface area contributed by atoms with Crippen molar-refractivity contribution in [3.63, 3.8) is 0 Å². The van der Waals surface area contributed by atoms with Crippen molar-refractivity contribution in [1.82, 2.24) is 16.0 Å². The van der Waals surface area contributed by atoms with Crippen molar-refractivity contribution in [2.24, 2.45) is 0 Å². The van der Waals surface area contributed by atoms with Crippen LogP contribution in [0.2, 0.25) is 0 Å². The number of hydrogen-bond acceptors (Lipinski definition) is 14. The van der Waals surface area contributed by atoms with E-state index in [4.69, 9.17) is 28.2 Å². The number of nitrogens with one attached hydrogen (secondary N) is 3. The molecular weight excluding hydrogens is 1290 g/mol. The molecule has 0 radical (unpaired) electrons. The van der Waals surface area contributed by atoms with Crippen LogP contribution in [0.15, 0.2) is 0 Å². The molecule has 0 aromatic carbocycles. The summed E-state index contributed by atoms with van der Waals surface area (Å²) in [4.78, 5) is 91.1. The fourth-order valence-corrected chi connectivity index (χ4v) is 14.2. The summed E-state index contributed by atoms with van der Waals surface area (Å²) in [5.41, 5.74) is 0. The molecule has 1 aliphatic heterocycles. The molecule has 0 spiro atoms. The molecule has 0 saturated carbocycles. The minimum atomic E-state index is -5.41. The first-order chi connectivity index (χ1) is 48.5. The van der Waals surface area contributed by atoms with Gasteiger partial charge in [0.25, 0.3) is 0 Å². The van der Waals surface area contributed by atoms with E-state index in [2.05, 4.69) is 57.5 Å². The van der Waals surface area contributed by atoms with Gasteiger partial charge in [0.1, 0.15) is 30.5 Å². The number of ether oxygens (including phenoxy) is 5. The highest BCUT2D eigenvalue weighted by Crippen LogP contribution is 2.42. The normalized spacial score (nSPS) is 17.6. The molecule has 20 heteroatoms. The Morgan fingerprint density at radius 1 is 0.410 bits per heavy atom. The van der Waals surface area contributed by atoms with E-state index in [1.54, 1.807) is 0 Å². The topological polar surface area (TPSA) is 275 Å². The number of hydrogen-bond donors (Lipinski definition) is 7. The molecule has 0 bridgehead atoms. The van der Waals surface area contributed by atoms with E-state index in [-0.39, 0.29) is 57.1 Å². The van der Waals surface area contributed by atoms with Gasteiger partial charge in [0, 0.05) is 19.4 Å². The van der Waals surface area contributed by atoms with Crippen LogP contribution >= 0.6 is 7.82 Å². The highest BCUT2D eigenvalue weighted by Gasteiger charge is 2.51. The maximum Gasteiger partial charge on any atom is 0.470 e. The Morgan fingerprint density at radius 3 is 1.08 bits per heavy atom. The van der Waals surface area contributed by atoms with Crippen LogP contribution < -0.4 is 16.0 Å². The lowest BCUT2D eigenvalue weighted by atomic mass is 9.93. The van der Waals surface area contributed by atoms with Crippen molar-refractivity contribution in [3.05, 3.63) is 0 Å². The third-order valence-corrected chi connectivity index (χ3v) is 20.1. The maximum atomic E-state index is 14.8. The monoisotopic (exact) mass is 1440 g/mol. The molecule has 1 fully saturated rings. The molecule has 19 nitrogen and oxygen atoms in total. The van der Waals surface area contributed by atoms with E-state index in [1.807, 2.05) is 0 Å². The third kappa shape index (κ3) is 55.7. The van der Waals surface area contributed by atoms with Crippen LogP contribution in [-0.4, -0.2) is 125 Å². The van der Waals surface area contributed by atoms with Crippen LogP contribution in [0.1, 0.15) is 408 Å². The Kier molecular flexibility index (Phi) is 63.7. The largest absolute Gasteiger partial charge is 0.470 e. The second kappa shape index (κ2) is 66.9. The highest BCUT2D eigenvalue weighted by molar-refractivity contribution is 7.46. The van der Waals surface area contributed by atoms with E-state index < -0.39 is 87.4 Å².